The molecule has 0 aliphatic heterocycles. The first kappa shape index (κ1) is 23.9. The van der Waals surface area contributed by atoms with Crippen molar-refractivity contribution in [3.63, 3.8) is 0 Å². The number of halogens is 1. The number of anilines is 3. The number of fused-ring (bicyclic) bond motifs is 3. The highest BCUT2D eigenvalue weighted by Crippen LogP contribution is 2.42. The normalized spacial score (nSPS) is 11.2. The second-order valence-electron chi connectivity index (χ2n) is 9.56. The molecular formula is C36H24BrNS. The molecule has 0 aliphatic carbocycles. The van der Waals surface area contributed by atoms with Gasteiger partial charge in [-0.15, -0.1) is 11.3 Å². The molecule has 39 heavy (non-hydrogen) atoms. The molecule has 0 fully saturated rings. The van der Waals surface area contributed by atoms with Crippen LogP contribution >= 0.6 is 27.3 Å². The van der Waals surface area contributed by atoms with Gasteiger partial charge in [0.2, 0.25) is 0 Å². The van der Waals surface area contributed by atoms with E-state index in [4.69, 9.17) is 0 Å². The number of hydrogen-bond acceptors (Lipinski definition) is 2. The van der Waals surface area contributed by atoms with Gasteiger partial charge in [-0.1, -0.05) is 113 Å². The Morgan fingerprint density at radius 1 is 0.436 bits per heavy atom. The number of hydrogen-bond donors (Lipinski definition) is 0. The summed E-state index contributed by atoms with van der Waals surface area (Å²) in [4.78, 5) is 2.37. The minimum absolute atomic E-state index is 1.09. The van der Waals surface area contributed by atoms with Gasteiger partial charge in [0.05, 0.1) is 0 Å². The summed E-state index contributed by atoms with van der Waals surface area (Å²) in [7, 11) is 0. The fourth-order valence-corrected chi connectivity index (χ4v) is 6.92. The predicted molar refractivity (Wildman–Crippen MR) is 173 cm³/mol. The van der Waals surface area contributed by atoms with Gasteiger partial charge in [-0.2, -0.15) is 0 Å². The predicted octanol–water partition coefficient (Wildman–Crippen LogP) is 11.6. The van der Waals surface area contributed by atoms with E-state index in [9.17, 15) is 0 Å². The zero-order valence-corrected chi connectivity index (χ0v) is 23.5. The van der Waals surface area contributed by atoms with E-state index in [-0.39, 0.29) is 0 Å². The van der Waals surface area contributed by atoms with E-state index >= 15 is 0 Å². The smallest absolute Gasteiger partial charge is 0.0476 e. The van der Waals surface area contributed by atoms with Crippen LogP contribution in [0.2, 0.25) is 0 Å². The topological polar surface area (TPSA) is 3.24 Å². The summed E-state index contributed by atoms with van der Waals surface area (Å²) in [6.07, 6.45) is 0. The van der Waals surface area contributed by atoms with Crippen LogP contribution < -0.4 is 4.90 Å². The van der Waals surface area contributed by atoms with Crippen LogP contribution in [0.1, 0.15) is 0 Å². The zero-order valence-electron chi connectivity index (χ0n) is 21.1. The highest BCUT2D eigenvalue weighted by molar-refractivity contribution is 9.10. The lowest BCUT2D eigenvalue weighted by Crippen LogP contribution is -2.10. The number of benzene rings is 6. The molecule has 6 aromatic carbocycles. The maximum absolute atomic E-state index is 3.75. The Morgan fingerprint density at radius 2 is 1.05 bits per heavy atom. The molecule has 7 rings (SSSR count). The fraction of sp³-hybridized carbons (Fsp3) is 0. The van der Waals surface area contributed by atoms with Crippen LogP contribution in [-0.4, -0.2) is 0 Å². The molecule has 186 valence electrons. The summed E-state index contributed by atoms with van der Waals surface area (Å²) >= 11 is 5.60. The third kappa shape index (κ3) is 4.54. The van der Waals surface area contributed by atoms with Crippen LogP contribution in [0.4, 0.5) is 17.1 Å². The lowest BCUT2D eigenvalue weighted by molar-refractivity contribution is 1.29. The Kier molecular flexibility index (Phi) is 6.24. The summed E-state index contributed by atoms with van der Waals surface area (Å²) in [5.41, 5.74) is 8.15. The number of thiophene rings is 1. The van der Waals surface area contributed by atoms with Gasteiger partial charge in [-0.25, -0.2) is 0 Å². The van der Waals surface area contributed by atoms with Crippen molar-refractivity contribution >= 4 is 64.5 Å². The van der Waals surface area contributed by atoms with E-state index in [0.717, 1.165) is 21.5 Å². The van der Waals surface area contributed by atoms with Gasteiger partial charge in [0.25, 0.3) is 0 Å². The molecule has 0 N–H and O–H groups in total. The quantitative estimate of drug-likeness (QED) is 0.195. The molecule has 0 unspecified atom stereocenters. The third-order valence-electron chi connectivity index (χ3n) is 7.12. The molecule has 0 saturated heterocycles. The van der Waals surface area contributed by atoms with Crippen LogP contribution in [0.5, 0.6) is 0 Å². The van der Waals surface area contributed by atoms with E-state index in [1.165, 1.54) is 42.4 Å². The second kappa shape index (κ2) is 10.2. The highest BCUT2D eigenvalue weighted by atomic mass is 79.9. The maximum atomic E-state index is 3.75. The standard InChI is InChI=1S/C36H24BrNS/c37-34-18-6-4-16-31(34)27-13-9-15-29(23-27)38(28-14-8-12-26(22-28)25-10-2-1-3-11-25)30-20-21-33-32-17-5-7-19-35(32)39-36(33)24-30/h1-24H. The van der Waals surface area contributed by atoms with Crippen molar-refractivity contribution in [3.05, 3.63) is 150 Å². The molecule has 3 heteroatoms. The van der Waals surface area contributed by atoms with Gasteiger partial charge >= 0.3 is 0 Å². The molecule has 1 heterocycles. The van der Waals surface area contributed by atoms with Crippen LogP contribution in [0.15, 0.2) is 150 Å². The molecular weight excluding hydrogens is 558 g/mol. The lowest BCUT2D eigenvalue weighted by atomic mass is 10.0. The van der Waals surface area contributed by atoms with Crippen molar-refractivity contribution in [3.8, 4) is 22.3 Å². The first-order valence-electron chi connectivity index (χ1n) is 13.0. The summed E-state index contributed by atoms with van der Waals surface area (Å²) in [6, 6.07) is 52.1. The van der Waals surface area contributed by atoms with Crippen molar-refractivity contribution in [2.75, 3.05) is 4.90 Å². The molecule has 0 radical (unpaired) electrons. The SMILES string of the molecule is Brc1ccccc1-c1cccc(N(c2cccc(-c3ccccc3)c2)c2ccc3c(c2)sc2ccccc23)c1. The van der Waals surface area contributed by atoms with Gasteiger partial charge in [0, 0.05) is 41.7 Å². The molecule has 7 aromatic rings. The summed E-state index contributed by atoms with van der Waals surface area (Å²) < 4.78 is 3.70. The van der Waals surface area contributed by atoms with Crippen LogP contribution in [0.3, 0.4) is 0 Å². The van der Waals surface area contributed by atoms with Crippen LogP contribution in [-0.2, 0) is 0 Å². The van der Waals surface area contributed by atoms with E-state index < -0.39 is 0 Å². The minimum Gasteiger partial charge on any atom is -0.310 e. The Morgan fingerprint density at radius 3 is 1.87 bits per heavy atom. The van der Waals surface area contributed by atoms with Crippen molar-refractivity contribution < 1.29 is 0 Å². The van der Waals surface area contributed by atoms with E-state index in [1.54, 1.807) is 0 Å². The van der Waals surface area contributed by atoms with Gasteiger partial charge < -0.3 is 4.90 Å². The third-order valence-corrected chi connectivity index (χ3v) is 8.95. The monoisotopic (exact) mass is 581 g/mol. The lowest BCUT2D eigenvalue weighted by Gasteiger charge is -2.26. The van der Waals surface area contributed by atoms with Gasteiger partial charge in [-0.3, -0.25) is 0 Å². The Labute approximate surface area is 240 Å². The molecule has 0 spiro atoms. The Balaban J connectivity index is 1.42. The summed E-state index contributed by atoms with van der Waals surface area (Å²) in [5.74, 6) is 0. The first-order chi connectivity index (χ1) is 19.2. The van der Waals surface area contributed by atoms with Gasteiger partial charge in [-0.05, 0) is 70.8 Å². The second-order valence-corrected chi connectivity index (χ2v) is 11.5. The molecule has 0 saturated carbocycles. The number of nitrogens with zero attached hydrogens (tertiary/aromatic N) is 1. The average Bonchev–Trinajstić information content (AvgIpc) is 3.36. The van der Waals surface area contributed by atoms with Crippen LogP contribution in [0.25, 0.3) is 42.4 Å². The Hall–Kier alpha value is -4.18. The van der Waals surface area contributed by atoms with Gasteiger partial charge in [0.15, 0.2) is 0 Å². The zero-order chi connectivity index (χ0) is 26.2. The minimum atomic E-state index is 1.09. The van der Waals surface area contributed by atoms with E-state index in [1.807, 2.05) is 11.3 Å². The molecule has 0 atom stereocenters. The molecule has 0 amide bonds. The van der Waals surface area contributed by atoms with E-state index in [0.29, 0.717) is 0 Å². The van der Waals surface area contributed by atoms with Crippen LogP contribution in [0, 0.1) is 0 Å². The summed E-state index contributed by atoms with van der Waals surface area (Å²) in [6.45, 7) is 0. The Bertz CT molecular complexity index is 1940. The largest absolute Gasteiger partial charge is 0.310 e. The van der Waals surface area contributed by atoms with Crippen molar-refractivity contribution in [1.29, 1.82) is 0 Å². The highest BCUT2D eigenvalue weighted by Gasteiger charge is 2.16. The maximum Gasteiger partial charge on any atom is 0.0476 e. The fourth-order valence-electron chi connectivity index (χ4n) is 5.26. The summed E-state index contributed by atoms with van der Waals surface area (Å²) in [5, 5.41) is 2.62. The number of rotatable bonds is 5. The van der Waals surface area contributed by atoms with Crippen molar-refractivity contribution in [1.82, 2.24) is 0 Å². The molecule has 1 nitrogen and oxygen atoms in total. The van der Waals surface area contributed by atoms with Gasteiger partial charge in [0.1, 0.15) is 0 Å². The average molecular weight is 583 g/mol. The first-order valence-corrected chi connectivity index (χ1v) is 14.6. The van der Waals surface area contributed by atoms with Crippen molar-refractivity contribution in [2.24, 2.45) is 0 Å². The molecule has 1 aromatic heterocycles. The molecule has 0 bridgehead atoms. The van der Waals surface area contributed by atoms with E-state index in [2.05, 4.69) is 166 Å². The van der Waals surface area contributed by atoms with Crippen molar-refractivity contribution in [2.45, 2.75) is 0 Å². The molecule has 0 aliphatic rings.